The van der Waals surface area contributed by atoms with Crippen molar-refractivity contribution in [2.24, 2.45) is 0 Å². The maximum atomic E-state index is 11.0. The number of aliphatic hydroxyl groups excluding tert-OH is 3. The SMILES string of the molecule is COc1cc(C(=O)O)ccc1OC1OC(COS(=O)(=O)O)C(O)C(O)C1O. The first-order valence-corrected chi connectivity index (χ1v) is 8.79. The molecular weight excluding hydrogens is 392 g/mol. The van der Waals surface area contributed by atoms with Gasteiger partial charge in [-0.05, 0) is 18.2 Å². The standard InChI is InChI=1S/C14H18O12S/c1-23-8-4-6(13(18)19)2-3-7(8)25-14-12(17)11(16)10(15)9(26-14)5-24-27(20,21)22/h2-4,9-12,14-17H,5H2,1H3,(H,18,19)(H,20,21,22). The average molecular weight is 410 g/mol. The molecule has 5 unspecified atom stereocenters. The summed E-state index contributed by atoms with van der Waals surface area (Å²) in [4.78, 5) is 11.0. The second kappa shape index (κ2) is 8.35. The van der Waals surface area contributed by atoms with E-state index in [1.165, 1.54) is 19.2 Å². The number of carboxylic acids is 1. The van der Waals surface area contributed by atoms with Crippen LogP contribution < -0.4 is 9.47 Å². The normalized spacial score (nSPS) is 28.6. The first-order valence-electron chi connectivity index (χ1n) is 7.43. The molecule has 13 heteroatoms. The first-order chi connectivity index (χ1) is 12.5. The highest BCUT2D eigenvalue weighted by Gasteiger charge is 2.45. The quantitative estimate of drug-likeness (QED) is 0.324. The molecule has 1 heterocycles. The zero-order valence-corrected chi connectivity index (χ0v) is 14.6. The molecule has 1 fully saturated rings. The predicted molar refractivity (Wildman–Crippen MR) is 84.8 cm³/mol. The molecule has 1 aromatic carbocycles. The van der Waals surface area contributed by atoms with Crippen molar-refractivity contribution >= 4 is 16.4 Å². The Balaban J connectivity index is 2.20. The molecule has 12 nitrogen and oxygen atoms in total. The molecule has 5 atom stereocenters. The molecule has 1 aliphatic rings. The Morgan fingerprint density at radius 2 is 1.81 bits per heavy atom. The lowest BCUT2D eigenvalue weighted by atomic mass is 9.99. The van der Waals surface area contributed by atoms with Gasteiger partial charge in [0.2, 0.25) is 6.29 Å². The van der Waals surface area contributed by atoms with Crippen molar-refractivity contribution < 1.29 is 56.6 Å². The van der Waals surface area contributed by atoms with Crippen LogP contribution in [0.15, 0.2) is 18.2 Å². The maximum absolute atomic E-state index is 11.0. The van der Waals surface area contributed by atoms with E-state index in [1.54, 1.807) is 0 Å². The van der Waals surface area contributed by atoms with Gasteiger partial charge in [-0.2, -0.15) is 8.42 Å². The summed E-state index contributed by atoms with van der Waals surface area (Å²) < 4.78 is 49.6. The maximum Gasteiger partial charge on any atom is 0.397 e. The van der Waals surface area contributed by atoms with Gasteiger partial charge >= 0.3 is 16.4 Å². The molecular formula is C14H18O12S. The Morgan fingerprint density at radius 3 is 2.37 bits per heavy atom. The van der Waals surface area contributed by atoms with E-state index in [2.05, 4.69) is 4.18 Å². The van der Waals surface area contributed by atoms with Crippen molar-refractivity contribution in [3.05, 3.63) is 23.8 Å². The van der Waals surface area contributed by atoms with E-state index in [0.29, 0.717) is 0 Å². The number of aromatic carboxylic acids is 1. The summed E-state index contributed by atoms with van der Waals surface area (Å²) >= 11 is 0. The molecule has 5 N–H and O–H groups in total. The Bertz CT molecular complexity index is 778. The van der Waals surface area contributed by atoms with Crippen LogP contribution in [-0.4, -0.2) is 83.8 Å². The largest absolute Gasteiger partial charge is 0.493 e. The summed E-state index contributed by atoms with van der Waals surface area (Å²) in [5.41, 5.74) is -0.0980. The van der Waals surface area contributed by atoms with Crippen LogP contribution in [0.25, 0.3) is 0 Å². The van der Waals surface area contributed by atoms with E-state index in [-0.39, 0.29) is 17.1 Å². The number of carbonyl (C=O) groups is 1. The third-order valence-electron chi connectivity index (χ3n) is 3.70. The van der Waals surface area contributed by atoms with E-state index in [4.69, 9.17) is 23.9 Å². The van der Waals surface area contributed by atoms with Crippen LogP contribution in [0.1, 0.15) is 10.4 Å². The monoisotopic (exact) mass is 410 g/mol. The number of benzene rings is 1. The fourth-order valence-corrected chi connectivity index (χ4v) is 2.63. The summed E-state index contributed by atoms with van der Waals surface area (Å²) in [6.07, 6.45) is -8.34. The predicted octanol–water partition coefficient (Wildman–Crippen LogP) is -1.60. The van der Waals surface area contributed by atoms with E-state index in [0.717, 1.165) is 6.07 Å². The summed E-state index contributed by atoms with van der Waals surface area (Å²) in [6, 6.07) is 3.57. The van der Waals surface area contributed by atoms with E-state index < -0.39 is 53.7 Å². The number of carboxylic acid groups (broad SMARTS) is 1. The molecule has 0 aromatic heterocycles. The van der Waals surface area contributed by atoms with Crippen LogP contribution in [-0.2, 0) is 19.3 Å². The minimum atomic E-state index is -4.83. The lowest BCUT2D eigenvalue weighted by molar-refractivity contribution is -0.276. The van der Waals surface area contributed by atoms with E-state index >= 15 is 0 Å². The van der Waals surface area contributed by atoms with Crippen LogP contribution in [0, 0.1) is 0 Å². The molecule has 1 aromatic rings. The van der Waals surface area contributed by atoms with Crippen molar-refractivity contribution in [1.29, 1.82) is 0 Å². The summed E-state index contributed by atoms with van der Waals surface area (Å²) in [6.45, 7) is -0.862. The summed E-state index contributed by atoms with van der Waals surface area (Å²) in [7, 11) is -3.59. The lowest BCUT2D eigenvalue weighted by Gasteiger charge is -2.39. The number of rotatable bonds is 7. The van der Waals surface area contributed by atoms with Gasteiger partial charge < -0.3 is 34.6 Å². The van der Waals surface area contributed by atoms with Crippen molar-refractivity contribution in [3.8, 4) is 11.5 Å². The topological polar surface area (TPSA) is 189 Å². The van der Waals surface area contributed by atoms with Crippen LogP contribution in [0.4, 0.5) is 0 Å². The average Bonchev–Trinajstić information content (AvgIpc) is 2.60. The van der Waals surface area contributed by atoms with Crippen LogP contribution in [0.5, 0.6) is 11.5 Å². The number of ether oxygens (including phenoxy) is 3. The van der Waals surface area contributed by atoms with Gasteiger partial charge in [0.15, 0.2) is 11.5 Å². The van der Waals surface area contributed by atoms with Gasteiger partial charge in [0, 0.05) is 0 Å². The summed E-state index contributed by atoms with van der Waals surface area (Å²) in [5.74, 6) is -1.28. The van der Waals surface area contributed by atoms with Gasteiger partial charge in [0.1, 0.15) is 24.4 Å². The van der Waals surface area contributed by atoms with Crippen LogP contribution in [0.3, 0.4) is 0 Å². The molecule has 0 bridgehead atoms. The van der Waals surface area contributed by atoms with Gasteiger partial charge in [0.05, 0.1) is 19.3 Å². The van der Waals surface area contributed by atoms with E-state index in [9.17, 15) is 28.5 Å². The van der Waals surface area contributed by atoms with Crippen molar-refractivity contribution in [1.82, 2.24) is 0 Å². The molecule has 0 radical (unpaired) electrons. The van der Waals surface area contributed by atoms with Gasteiger partial charge in [-0.1, -0.05) is 0 Å². The second-order valence-corrected chi connectivity index (χ2v) is 6.61. The van der Waals surface area contributed by atoms with Gasteiger partial charge in [-0.3, -0.25) is 4.55 Å². The van der Waals surface area contributed by atoms with E-state index in [1.807, 2.05) is 0 Å². The van der Waals surface area contributed by atoms with Crippen molar-refractivity contribution in [3.63, 3.8) is 0 Å². The summed E-state index contributed by atoms with van der Waals surface area (Å²) in [5, 5.41) is 38.7. The minimum Gasteiger partial charge on any atom is -0.493 e. The van der Waals surface area contributed by atoms with Crippen LogP contribution >= 0.6 is 0 Å². The number of hydrogen-bond acceptors (Lipinski definition) is 10. The van der Waals surface area contributed by atoms with Crippen LogP contribution in [0.2, 0.25) is 0 Å². The Hall–Kier alpha value is -2.00. The third-order valence-corrected chi connectivity index (χ3v) is 4.14. The fourth-order valence-electron chi connectivity index (χ4n) is 2.33. The Morgan fingerprint density at radius 1 is 1.15 bits per heavy atom. The Labute approximate surface area is 153 Å². The first kappa shape index (κ1) is 21.3. The zero-order chi connectivity index (χ0) is 20.4. The molecule has 1 aliphatic heterocycles. The Kier molecular flexibility index (Phi) is 6.59. The lowest BCUT2D eigenvalue weighted by Crippen LogP contribution is -2.60. The fraction of sp³-hybridized carbons (Fsp3) is 0.500. The molecule has 2 rings (SSSR count). The highest BCUT2D eigenvalue weighted by Crippen LogP contribution is 2.32. The second-order valence-electron chi connectivity index (χ2n) is 5.52. The van der Waals surface area contributed by atoms with Gasteiger partial charge in [-0.25, -0.2) is 8.98 Å². The molecule has 27 heavy (non-hydrogen) atoms. The molecule has 0 aliphatic carbocycles. The number of hydrogen-bond donors (Lipinski definition) is 5. The highest BCUT2D eigenvalue weighted by atomic mass is 32.3. The molecule has 152 valence electrons. The molecule has 1 saturated heterocycles. The van der Waals surface area contributed by atoms with Gasteiger partial charge in [0.25, 0.3) is 0 Å². The number of methoxy groups -OCH3 is 1. The minimum absolute atomic E-state index is 0.0166. The van der Waals surface area contributed by atoms with Gasteiger partial charge in [-0.15, -0.1) is 0 Å². The zero-order valence-electron chi connectivity index (χ0n) is 13.8. The smallest absolute Gasteiger partial charge is 0.397 e. The molecule has 0 saturated carbocycles. The molecule has 0 amide bonds. The molecule has 0 spiro atoms. The van der Waals surface area contributed by atoms with Crippen molar-refractivity contribution in [2.75, 3.05) is 13.7 Å². The van der Waals surface area contributed by atoms with Crippen molar-refractivity contribution in [2.45, 2.75) is 30.7 Å². The third kappa shape index (κ3) is 5.26. The highest BCUT2D eigenvalue weighted by molar-refractivity contribution is 7.80. The number of aliphatic hydroxyl groups is 3.